The van der Waals surface area contributed by atoms with Gasteiger partial charge in [0.25, 0.3) is 0 Å². The van der Waals surface area contributed by atoms with Gasteiger partial charge >= 0.3 is 6.36 Å². The van der Waals surface area contributed by atoms with Gasteiger partial charge in [-0.15, -0.1) is 13.2 Å². The summed E-state index contributed by atoms with van der Waals surface area (Å²) in [6.07, 6.45) is -4.84. The highest BCUT2D eigenvalue weighted by atomic mass is 19.4. The average Bonchev–Trinajstić information content (AvgIpc) is 2.68. The Bertz CT molecular complexity index is 858. The second-order valence-corrected chi connectivity index (χ2v) is 6.41. The minimum Gasteiger partial charge on any atom is -0.405 e. The third-order valence-corrected chi connectivity index (χ3v) is 4.35. The molecule has 3 rings (SSSR count). The number of para-hydroxylation sites is 1. The number of benzene rings is 2. The number of carbonyl (C=O) groups is 2. The fourth-order valence-corrected chi connectivity index (χ4v) is 2.97. The summed E-state index contributed by atoms with van der Waals surface area (Å²) >= 11 is 0. The van der Waals surface area contributed by atoms with Crippen LogP contribution in [-0.2, 0) is 27.4 Å². The lowest BCUT2D eigenvalue weighted by atomic mass is 10.1. The minimum atomic E-state index is -4.84. The van der Waals surface area contributed by atoms with Crippen LogP contribution in [0.3, 0.4) is 0 Å². The van der Waals surface area contributed by atoms with Gasteiger partial charge in [-0.3, -0.25) is 9.59 Å². The number of rotatable bonds is 6. The standard InChI is InChI=1S/C20H19F3N2O4/c21-20(22,23)29-17-9-5-4-8-15(17)10-24-19(27)16-12-28-13-18(26)25(16)11-14-6-2-1-3-7-14/h1-9,16H,10-13H2,(H,24,27)/t16-/m0/s1. The number of carbonyl (C=O) groups excluding carboxylic acids is 2. The number of nitrogens with one attached hydrogen (secondary N) is 1. The van der Waals surface area contributed by atoms with Crippen LogP contribution >= 0.6 is 0 Å². The minimum absolute atomic E-state index is 0.00506. The molecule has 1 saturated heterocycles. The molecular weight excluding hydrogens is 389 g/mol. The number of halogens is 3. The first kappa shape index (κ1) is 20.7. The number of morpholine rings is 1. The van der Waals surface area contributed by atoms with Crippen molar-refractivity contribution in [3.8, 4) is 5.75 Å². The molecule has 0 aliphatic carbocycles. The van der Waals surface area contributed by atoms with E-state index < -0.39 is 24.1 Å². The quantitative estimate of drug-likeness (QED) is 0.798. The van der Waals surface area contributed by atoms with Crippen LogP contribution in [0.4, 0.5) is 13.2 Å². The van der Waals surface area contributed by atoms with E-state index in [1.165, 1.54) is 23.1 Å². The molecule has 1 atom stereocenters. The monoisotopic (exact) mass is 408 g/mol. The topological polar surface area (TPSA) is 67.9 Å². The largest absolute Gasteiger partial charge is 0.573 e. The molecule has 1 N–H and O–H groups in total. The van der Waals surface area contributed by atoms with Gasteiger partial charge in [0.1, 0.15) is 18.4 Å². The van der Waals surface area contributed by atoms with E-state index in [0.717, 1.165) is 5.56 Å². The lowest BCUT2D eigenvalue weighted by Gasteiger charge is -2.34. The predicted octanol–water partition coefficient (Wildman–Crippen LogP) is 2.63. The van der Waals surface area contributed by atoms with E-state index in [2.05, 4.69) is 10.1 Å². The highest BCUT2D eigenvalue weighted by Crippen LogP contribution is 2.26. The maximum Gasteiger partial charge on any atom is 0.573 e. The van der Waals surface area contributed by atoms with Crippen LogP contribution < -0.4 is 10.1 Å². The molecule has 0 radical (unpaired) electrons. The van der Waals surface area contributed by atoms with E-state index in [-0.39, 0.29) is 37.8 Å². The van der Waals surface area contributed by atoms with Gasteiger partial charge in [-0.2, -0.15) is 0 Å². The van der Waals surface area contributed by atoms with Crippen molar-refractivity contribution in [3.63, 3.8) is 0 Å². The van der Waals surface area contributed by atoms with E-state index in [1.807, 2.05) is 30.3 Å². The molecule has 2 amide bonds. The molecule has 29 heavy (non-hydrogen) atoms. The van der Waals surface area contributed by atoms with Gasteiger partial charge in [0.2, 0.25) is 11.8 Å². The summed E-state index contributed by atoms with van der Waals surface area (Å²) in [6, 6.07) is 13.8. The van der Waals surface area contributed by atoms with E-state index >= 15 is 0 Å². The fraction of sp³-hybridized carbons (Fsp3) is 0.300. The van der Waals surface area contributed by atoms with Crippen LogP contribution in [0.1, 0.15) is 11.1 Å². The van der Waals surface area contributed by atoms with Gasteiger partial charge in [0, 0.05) is 18.7 Å². The number of hydrogen-bond acceptors (Lipinski definition) is 4. The molecule has 0 bridgehead atoms. The van der Waals surface area contributed by atoms with Crippen LogP contribution in [0.15, 0.2) is 54.6 Å². The van der Waals surface area contributed by atoms with Crippen molar-refractivity contribution in [2.24, 2.45) is 0 Å². The number of ether oxygens (including phenoxy) is 2. The van der Waals surface area contributed by atoms with Crippen molar-refractivity contribution >= 4 is 11.8 Å². The summed E-state index contributed by atoms with van der Waals surface area (Å²) in [7, 11) is 0. The van der Waals surface area contributed by atoms with Crippen molar-refractivity contribution in [3.05, 3.63) is 65.7 Å². The molecular formula is C20H19F3N2O4. The van der Waals surface area contributed by atoms with Gasteiger partial charge in [-0.1, -0.05) is 48.5 Å². The third kappa shape index (κ3) is 5.71. The van der Waals surface area contributed by atoms with E-state index in [9.17, 15) is 22.8 Å². The Kier molecular flexibility index (Phi) is 6.38. The Hall–Kier alpha value is -3.07. The first-order valence-electron chi connectivity index (χ1n) is 8.86. The maximum atomic E-state index is 12.7. The molecule has 0 spiro atoms. The van der Waals surface area contributed by atoms with Crippen molar-refractivity contribution in [2.75, 3.05) is 13.2 Å². The smallest absolute Gasteiger partial charge is 0.405 e. The first-order chi connectivity index (χ1) is 13.8. The van der Waals surface area contributed by atoms with Gasteiger partial charge in [0.15, 0.2) is 0 Å². The molecule has 6 nitrogen and oxygen atoms in total. The number of hydrogen-bond donors (Lipinski definition) is 1. The van der Waals surface area contributed by atoms with Crippen LogP contribution in [0.5, 0.6) is 5.75 Å². The van der Waals surface area contributed by atoms with Crippen molar-refractivity contribution in [1.29, 1.82) is 0 Å². The molecule has 1 heterocycles. The molecule has 0 aromatic heterocycles. The number of amides is 2. The molecule has 1 aliphatic heterocycles. The zero-order valence-corrected chi connectivity index (χ0v) is 15.3. The predicted molar refractivity (Wildman–Crippen MR) is 96.6 cm³/mol. The summed E-state index contributed by atoms with van der Waals surface area (Å²) in [5, 5.41) is 2.57. The normalized spacial score (nSPS) is 17.1. The summed E-state index contributed by atoms with van der Waals surface area (Å²) in [4.78, 5) is 26.3. The van der Waals surface area contributed by atoms with E-state index in [1.54, 1.807) is 6.07 Å². The van der Waals surface area contributed by atoms with E-state index in [0.29, 0.717) is 0 Å². The summed E-state index contributed by atoms with van der Waals surface area (Å²) in [5.41, 5.74) is 1.01. The second kappa shape index (κ2) is 8.95. The van der Waals surface area contributed by atoms with Crippen molar-refractivity contribution in [1.82, 2.24) is 10.2 Å². The zero-order valence-electron chi connectivity index (χ0n) is 15.3. The summed E-state index contributed by atoms with van der Waals surface area (Å²) < 4.78 is 46.8. The summed E-state index contributed by atoms with van der Waals surface area (Å²) in [5.74, 6) is -1.24. The Morgan fingerprint density at radius 3 is 2.55 bits per heavy atom. The van der Waals surface area contributed by atoms with E-state index in [4.69, 9.17) is 4.74 Å². The molecule has 0 unspecified atom stereocenters. The maximum absolute atomic E-state index is 12.7. The molecule has 2 aromatic rings. The van der Waals surface area contributed by atoms with Crippen LogP contribution in [0, 0.1) is 0 Å². The zero-order chi connectivity index (χ0) is 20.9. The van der Waals surface area contributed by atoms with Gasteiger partial charge < -0.3 is 19.7 Å². The van der Waals surface area contributed by atoms with Crippen molar-refractivity contribution < 1.29 is 32.2 Å². The molecule has 9 heteroatoms. The molecule has 1 aliphatic rings. The molecule has 2 aromatic carbocycles. The van der Waals surface area contributed by atoms with Gasteiger partial charge in [0.05, 0.1) is 6.61 Å². The molecule has 154 valence electrons. The average molecular weight is 408 g/mol. The van der Waals surface area contributed by atoms with Crippen LogP contribution in [-0.4, -0.2) is 42.3 Å². The SMILES string of the molecule is O=C(NCc1ccccc1OC(F)(F)F)[C@@H]1COCC(=O)N1Cc1ccccc1. The first-order valence-corrected chi connectivity index (χ1v) is 8.86. The number of nitrogens with zero attached hydrogens (tertiary/aromatic N) is 1. The lowest BCUT2D eigenvalue weighted by Crippen LogP contribution is -2.55. The Morgan fingerprint density at radius 2 is 1.83 bits per heavy atom. The Labute approximate surface area is 165 Å². The highest BCUT2D eigenvalue weighted by Gasteiger charge is 2.35. The van der Waals surface area contributed by atoms with Crippen LogP contribution in [0.25, 0.3) is 0 Å². The van der Waals surface area contributed by atoms with Gasteiger partial charge in [-0.25, -0.2) is 0 Å². The highest BCUT2D eigenvalue weighted by molar-refractivity contribution is 5.89. The number of alkyl halides is 3. The second-order valence-electron chi connectivity index (χ2n) is 6.41. The molecule has 1 fully saturated rings. The Balaban J connectivity index is 1.68. The van der Waals surface area contributed by atoms with Crippen molar-refractivity contribution in [2.45, 2.75) is 25.5 Å². The van der Waals surface area contributed by atoms with Crippen LogP contribution in [0.2, 0.25) is 0 Å². The third-order valence-electron chi connectivity index (χ3n) is 4.35. The Morgan fingerprint density at radius 1 is 1.14 bits per heavy atom. The van der Waals surface area contributed by atoms with Gasteiger partial charge in [-0.05, 0) is 11.6 Å². The molecule has 0 saturated carbocycles. The lowest BCUT2D eigenvalue weighted by molar-refractivity contribution is -0.274. The summed E-state index contributed by atoms with van der Waals surface area (Å²) in [6.45, 7) is -0.0756. The fourth-order valence-electron chi connectivity index (χ4n) is 2.97.